The number of ether oxygens (including phenoxy) is 1. The molecule has 0 bridgehead atoms. The molecule has 0 N–H and O–H groups in total. The summed E-state index contributed by atoms with van der Waals surface area (Å²) in [6.07, 6.45) is 6.60. The molecular weight excluding hydrogens is 200 g/mol. The van der Waals surface area contributed by atoms with Crippen molar-refractivity contribution in [2.75, 3.05) is 19.7 Å². The average Bonchev–Trinajstić information content (AvgIpc) is 3.10. The molecule has 0 unspecified atom stereocenters. The molecule has 3 heteroatoms. The Balaban J connectivity index is 1.73. The Hall–Kier alpha value is -0.930. The van der Waals surface area contributed by atoms with Crippen molar-refractivity contribution in [1.82, 2.24) is 9.88 Å². The van der Waals surface area contributed by atoms with Gasteiger partial charge in [0, 0.05) is 31.0 Å². The molecule has 1 saturated heterocycles. The second-order valence-corrected chi connectivity index (χ2v) is 5.08. The lowest BCUT2D eigenvalue weighted by molar-refractivity contribution is -0.0474. The minimum Gasteiger partial charge on any atom is -0.371 e. The predicted molar refractivity (Wildman–Crippen MR) is 62.1 cm³/mol. The lowest BCUT2D eigenvalue weighted by Gasteiger charge is -2.37. The number of hydrogen-bond donors (Lipinski definition) is 0. The fraction of sp³-hybridized carbons (Fsp3) is 0.615. The zero-order valence-electron chi connectivity index (χ0n) is 9.72. The third kappa shape index (κ3) is 1.85. The van der Waals surface area contributed by atoms with Crippen molar-refractivity contribution in [3.63, 3.8) is 0 Å². The van der Waals surface area contributed by atoms with Gasteiger partial charge in [0.15, 0.2) is 0 Å². The van der Waals surface area contributed by atoms with Gasteiger partial charge < -0.3 is 4.74 Å². The van der Waals surface area contributed by atoms with Crippen LogP contribution in [0.3, 0.4) is 0 Å². The molecule has 1 saturated carbocycles. The number of morpholine rings is 1. The number of hydrogen-bond acceptors (Lipinski definition) is 3. The average molecular weight is 218 g/mol. The van der Waals surface area contributed by atoms with E-state index in [2.05, 4.69) is 28.9 Å². The molecule has 3 rings (SSSR count). The Morgan fingerprint density at radius 3 is 2.81 bits per heavy atom. The Morgan fingerprint density at radius 1 is 1.38 bits per heavy atom. The van der Waals surface area contributed by atoms with Gasteiger partial charge in [-0.1, -0.05) is 0 Å². The van der Waals surface area contributed by atoms with Crippen molar-refractivity contribution in [3.8, 4) is 0 Å². The van der Waals surface area contributed by atoms with E-state index in [0.717, 1.165) is 19.7 Å². The summed E-state index contributed by atoms with van der Waals surface area (Å²) in [5, 5.41) is 0. The molecular formula is C13H18N2O. The first-order valence-corrected chi connectivity index (χ1v) is 6.04. The highest BCUT2D eigenvalue weighted by atomic mass is 16.5. The van der Waals surface area contributed by atoms with E-state index in [1.807, 2.05) is 12.4 Å². The van der Waals surface area contributed by atoms with E-state index in [9.17, 15) is 0 Å². The molecule has 1 aromatic rings. The smallest absolute Gasteiger partial charge is 0.0953 e. The number of pyridine rings is 1. The highest BCUT2D eigenvalue weighted by molar-refractivity contribution is 5.15. The second kappa shape index (κ2) is 3.82. The van der Waals surface area contributed by atoms with Gasteiger partial charge >= 0.3 is 0 Å². The summed E-state index contributed by atoms with van der Waals surface area (Å²) < 4.78 is 5.85. The van der Waals surface area contributed by atoms with Gasteiger partial charge in [0.2, 0.25) is 0 Å². The van der Waals surface area contributed by atoms with Crippen LogP contribution in [0.1, 0.15) is 31.4 Å². The number of nitrogens with zero attached hydrogens (tertiary/aromatic N) is 2. The van der Waals surface area contributed by atoms with Gasteiger partial charge in [-0.25, -0.2) is 0 Å². The lowest BCUT2D eigenvalue weighted by atomic mass is 10.1. The summed E-state index contributed by atoms with van der Waals surface area (Å²) in [6.45, 7) is 5.32. The molecule has 16 heavy (non-hydrogen) atoms. The first-order valence-electron chi connectivity index (χ1n) is 6.04. The maximum atomic E-state index is 5.85. The second-order valence-electron chi connectivity index (χ2n) is 5.08. The lowest BCUT2D eigenvalue weighted by Crippen LogP contribution is -2.44. The summed E-state index contributed by atoms with van der Waals surface area (Å²) in [5.41, 5.74) is 1.72. The number of aromatic nitrogens is 1. The van der Waals surface area contributed by atoms with E-state index in [1.54, 1.807) is 0 Å². The molecule has 1 aliphatic carbocycles. The zero-order chi connectivity index (χ0) is 11.0. The minimum atomic E-state index is 0.231. The van der Waals surface area contributed by atoms with Gasteiger partial charge in [0.05, 0.1) is 12.7 Å². The molecule has 0 amide bonds. The molecule has 0 radical (unpaired) electrons. The van der Waals surface area contributed by atoms with E-state index >= 15 is 0 Å². The van der Waals surface area contributed by atoms with Crippen LogP contribution < -0.4 is 0 Å². The third-order valence-electron chi connectivity index (χ3n) is 3.88. The van der Waals surface area contributed by atoms with Crippen LogP contribution in [0, 0.1) is 0 Å². The van der Waals surface area contributed by atoms with Crippen LogP contribution in [0.15, 0.2) is 24.5 Å². The van der Waals surface area contributed by atoms with Crippen LogP contribution in [-0.2, 0) is 4.74 Å². The normalized spacial score (nSPS) is 28.9. The van der Waals surface area contributed by atoms with Crippen molar-refractivity contribution in [2.24, 2.45) is 0 Å². The SMILES string of the molecule is CC1(N2CCO[C@H](c3ccncc3)C2)CC1. The summed E-state index contributed by atoms with van der Waals surface area (Å²) in [6, 6.07) is 4.12. The van der Waals surface area contributed by atoms with Crippen molar-refractivity contribution >= 4 is 0 Å². The summed E-state index contributed by atoms with van der Waals surface area (Å²) in [7, 11) is 0. The molecule has 1 aromatic heterocycles. The fourth-order valence-corrected chi connectivity index (χ4v) is 2.42. The van der Waals surface area contributed by atoms with Gasteiger partial charge in [-0.3, -0.25) is 9.88 Å². The van der Waals surface area contributed by atoms with Crippen molar-refractivity contribution in [3.05, 3.63) is 30.1 Å². The molecule has 2 fully saturated rings. The quantitative estimate of drug-likeness (QED) is 0.759. The van der Waals surface area contributed by atoms with E-state index in [-0.39, 0.29) is 6.10 Å². The topological polar surface area (TPSA) is 25.4 Å². The molecule has 2 heterocycles. The van der Waals surface area contributed by atoms with Crippen LogP contribution in [0.2, 0.25) is 0 Å². The van der Waals surface area contributed by atoms with Crippen LogP contribution >= 0.6 is 0 Å². The largest absolute Gasteiger partial charge is 0.371 e. The van der Waals surface area contributed by atoms with Crippen molar-refractivity contribution < 1.29 is 4.74 Å². The van der Waals surface area contributed by atoms with Crippen molar-refractivity contribution in [1.29, 1.82) is 0 Å². The molecule has 0 spiro atoms. The third-order valence-corrected chi connectivity index (χ3v) is 3.88. The van der Waals surface area contributed by atoms with Crippen molar-refractivity contribution in [2.45, 2.75) is 31.4 Å². The van der Waals surface area contributed by atoms with E-state index in [1.165, 1.54) is 18.4 Å². The van der Waals surface area contributed by atoms with Crippen LogP contribution in [-0.4, -0.2) is 35.1 Å². The van der Waals surface area contributed by atoms with Crippen LogP contribution in [0.4, 0.5) is 0 Å². The Kier molecular flexibility index (Phi) is 2.45. The molecule has 86 valence electrons. The molecule has 3 nitrogen and oxygen atoms in total. The monoisotopic (exact) mass is 218 g/mol. The van der Waals surface area contributed by atoms with Gasteiger partial charge in [0.25, 0.3) is 0 Å². The first-order chi connectivity index (χ1) is 7.78. The van der Waals surface area contributed by atoms with Gasteiger partial charge in [-0.15, -0.1) is 0 Å². The Bertz CT molecular complexity index is 361. The maximum Gasteiger partial charge on any atom is 0.0953 e. The minimum absolute atomic E-state index is 0.231. The van der Waals surface area contributed by atoms with Crippen LogP contribution in [0.25, 0.3) is 0 Å². The molecule has 0 aromatic carbocycles. The fourth-order valence-electron chi connectivity index (χ4n) is 2.42. The molecule has 2 aliphatic rings. The van der Waals surface area contributed by atoms with Gasteiger partial charge in [-0.05, 0) is 37.5 Å². The summed E-state index contributed by atoms with van der Waals surface area (Å²) >= 11 is 0. The number of rotatable bonds is 2. The molecule has 1 atom stereocenters. The highest BCUT2D eigenvalue weighted by Gasteiger charge is 2.44. The maximum absolute atomic E-state index is 5.85. The van der Waals surface area contributed by atoms with E-state index < -0.39 is 0 Å². The van der Waals surface area contributed by atoms with Crippen LogP contribution in [0.5, 0.6) is 0 Å². The summed E-state index contributed by atoms with van der Waals surface area (Å²) in [5.74, 6) is 0. The van der Waals surface area contributed by atoms with Gasteiger partial charge in [0.1, 0.15) is 0 Å². The van der Waals surface area contributed by atoms with E-state index in [0.29, 0.717) is 5.54 Å². The Labute approximate surface area is 96.4 Å². The first kappa shape index (κ1) is 10.2. The van der Waals surface area contributed by atoms with E-state index in [4.69, 9.17) is 4.74 Å². The van der Waals surface area contributed by atoms with Gasteiger partial charge in [-0.2, -0.15) is 0 Å². The summed E-state index contributed by atoms with van der Waals surface area (Å²) in [4.78, 5) is 6.64. The predicted octanol–water partition coefficient (Wildman–Crippen LogP) is 2.01. The molecule has 1 aliphatic heterocycles. The zero-order valence-corrected chi connectivity index (χ0v) is 9.72. The standard InChI is InChI=1S/C13H18N2O/c1-13(4-5-13)15-8-9-16-12(10-15)11-2-6-14-7-3-11/h2-3,6-7,12H,4-5,8-10H2,1H3/t12-/m0/s1. The highest BCUT2D eigenvalue weighted by Crippen LogP contribution is 2.43. The Morgan fingerprint density at radius 2 is 2.12 bits per heavy atom.